The number of benzene rings is 2. The van der Waals surface area contributed by atoms with Gasteiger partial charge in [-0.2, -0.15) is 5.10 Å². The molecule has 0 radical (unpaired) electrons. The second-order valence-corrected chi connectivity index (χ2v) is 7.27. The molecule has 144 valence electrons. The summed E-state index contributed by atoms with van der Waals surface area (Å²) in [6.07, 6.45) is 3.75. The zero-order valence-corrected chi connectivity index (χ0v) is 16.2. The van der Waals surface area contributed by atoms with E-state index in [1.807, 2.05) is 78.7 Å². The van der Waals surface area contributed by atoms with E-state index in [2.05, 4.69) is 6.07 Å². The minimum atomic E-state index is -0.0524. The highest BCUT2D eigenvalue weighted by Gasteiger charge is 2.28. The molecule has 5 heteroatoms. The fraction of sp³-hybridized carbons (Fsp3) is 0.167. The number of anilines is 1. The van der Waals surface area contributed by atoms with E-state index in [0.717, 1.165) is 30.0 Å². The van der Waals surface area contributed by atoms with Crippen LogP contribution in [-0.2, 0) is 6.42 Å². The highest BCUT2D eigenvalue weighted by atomic mass is 16.3. The van der Waals surface area contributed by atoms with Crippen molar-refractivity contribution in [1.29, 1.82) is 0 Å². The van der Waals surface area contributed by atoms with E-state index >= 15 is 0 Å². The summed E-state index contributed by atoms with van der Waals surface area (Å²) in [7, 11) is 0. The molecule has 3 heterocycles. The van der Waals surface area contributed by atoms with Gasteiger partial charge in [0.25, 0.3) is 5.91 Å². The summed E-state index contributed by atoms with van der Waals surface area (Å²) in [6.45, 7) is 2.59. The van der Waals surface area contributed by atoms with Crippen LogP contribution in [0.1, 0.15) is 28.1 Å². The largest absolute Gasteiger partial charge is 0.460 e. The van der Waals surface area contributed by atoms with Gasteiger partial charge in [-0.1, -0.05) is 36.4 Å². The van der Waals surface area contributed by atoms with E-state index in [9.17, 15) is 4.79 Å². The van der Waals surface area contributed by atoms with Crippen molar-refractivity contribution >= 4 is 11.6 Å². The Morgan fingerprint density at radius 2 is 1.79 bits per heavy atom. The minimum absolute atomic E-state index is 0.0524. The second-order valence-electron chi connectivity index (χ2n) is 7.27. The summed E-state index contributed by atoms with van der Waals surface area (Å²) in [6, 6.07) is 21.7. The number of furan rings is 1. The molecule has 0 aliphatic carbocycles. The van der Waals surface area contributed by atoms with Crippen LogP contribution in [0.15, 0.2) is 77.3 Å². The lowest BCUT2D eigenvalue weighted by Crippen LogP contribution is -2.35. The summed E-state index contributed by atoms with van der Waals surface area (Å²) in [5.41, 5.74) is 4.20. The van der Waals surface area contributed by atoms with Crippen LogP contribution in [0.5, 0.6) is 0 Å². The Morgan fingerprint density at radius 3 is 2.59 bits per heavy atom. The van der Waals surface area contributed by atoms with Crippen molar-refractivity contribution in [2.45, 2.75) is 19.8 Å². The molecular formula is C24H21N3O2. The van der Waals surface area contributed by atoms with E-state index in [1.165, 1.54) is 5.56 Å². The van der Waals surface area contributed by atoms with Crippen LogP contribution in [-0.4, -0.2) is 22.2 Å². The van der Waals surface area contributed by atoms with Crippen LogP contribution in [0.25, 0.3) is 17.1 Å². The van der Waals surface area contributed by atoms with Crippen molar-refractivity contribution in [2.24, 2.45) is 0 Å². The molecular weight excluding hydrogens is 362 g/mol. The van der Waals surface area contributed by atoms with Crippen molar-refractivity contribution < 1.29 is 9.21 Å². The van der Waals surface area contributed by atoms with Crippen LogP contribution in [0.3, 0.4) is 0 Å². The standard InChI is InChI=1S/C24H21N3O2/c1-17-13-14-22(29-17)23-20(16-27(25-23)19-10-3-2-4-11-19)24(28)26-15-7-9-18-8-5-6-12-21(18)26/h2-6,8,10-14,16H,7,9,15H2,1H3. The number of aromatic nitrogens is 2. The smallest absolute Gasteiger partial charge is 0.262 e. The summed E-state index contributed by atoms with van der Waals surface area (Å²) in [4.78, 5) is 15.5. The Kier molecular flexibility index (Phi) is 4.28. The molecule has 1 amide bonds. The van der Waals surface area contributed by atoms with Gasteiger partial charge in [-0.05, 0) is 55.7 Å². The van der Waals surface area contributed by atoms with Crippen LogP contribution < -0.4 is 4.90 Å². The number of para-hydroxylation sites is 2. The molecule has 4 aromatic rings. The number of fused-ring (bicyclic) bond motifs is 1. The van der Waals surface area contributed by atoms with Crippen LogP contribution >= 0.6 is 0 Å². The first kappa shape index (κ1) is 17.5. The molecule has 0 unspecified atom stereocenters. The molecule has 0 N–H and O–H groups in total. The molecule has 0 atom stereocenters. The molecule has 2 aromatic carbocycles. The molecule has 1 aliphatic rings. The zero-order chi connectivity index (χ0) is 19.8. The molecule has 0 fully saturated rings. The summed E-state index contributed by atoms with van der Waals surface area (Å²) >= 11 is 0. The third-order valence-corrected chi connectivity index (χ3v) is 5.29. The van der Waals surface area contributed by atoms with Crippen molar-refractivity contribution in [3.63, 3.8) is 0 Å². The van der Waals surface area contributed by atoms with Gasteiger partial charge in [0, 0.05) is 18.4 Å². The third-order valence-electron chi connectivity index (χ3n) is 5.29. The summed E-state index contributed by atoms with van der Waals surface area (Å²) < 4.78 is 7.57. The van der Waals surface area contributed by atoms with Crippen LogP contribution in [0, 0.1) is 6.92 Å². The van der Waals surface area contributed by atoms with Crippen molar-refractivity contribution in [3.8, 4) is 17.1 Å². The predicted octanol–water partition coefficient (Wildman–Crippen LogP) is 5.03. The molecule has 29 heavy (non-hydrogen) atoms. The van der Waals surface area contributed by atoms with Gasteiger partial charge in [0.05, 0.1) is 11.3 Å². The van der Waals surface area contributed by atoms with Gasteiger partial charge in [-0.15, -0.1) is 0 Å². The lowest BCUT2D eigenvalue weighted by Gasteiger charge is -2.29. The zero-order valence-electron chi connectivity index (χ0n) is 16.2. The first-order valence-corrected chi connectivity index (χ1v) is 9.82. The van der Waals surface area contributed by atoms with Crippen molar-refractivity contribution in [3.05, 3.63) is 89.8 Å². The maximum atomic E-state index is 13.6. The first-order chi connectivity index (χ1) is 14.2. The molecule has 0 bridgehead atoms. The number of hydrogen-bond donors (Lipinski definition) is 0. The van der Waals surface area contributed by atoms with E-state index in [-0.39, 0.29) is 5.91 Å². The Balaban J connectivity index is 1.62. The topological polar surface area (TPSA) is 51.3 Å². The molecule has 2 aromatic heterocycles. The predicted molar refractivity (Wildman–Crippen MR) is 112 cm³/mol. The molecule has 1 aliphatic heterocycles. The molecule has 0 saturated heterocycles. The van der Waals surface area contributed by atoms with Crippen LogP contribution in [0.2, 0.25) is 0 Å². The lowest BCUT2D eigenvalue weighted by atomic mass is 10.0. The fourth-order valence-electron chi connectivity index (χ4n) is 3.88. The minimum Gasteiger partial charge on any atom is -0.460 e. The van der Waals surface area contributed by atoms with Gasteiger partial charge >= 0.3 is 0 Å². The monoisotopic (exact) mass is 383 g/mol. The molecule has 5 nitrogen and oxygen atoms in total. The summed E-state index contributed by atoms with van der Waals surface area (Å²) in [5, 5.41) is 4.71. The SMILES string of the molecule is Cc1ccc(-c2nn(-c3ccccc3)cc2C(=O)N2CCCc3ccccc32)o1. The highest BCUT2D eigenvalue weighted by Crippen LogP contribution is 2.31. The van der Waals surface area contributed by atoms with Gasteiger partial charge in [0.2, 0.25) is 0 Å². The van der Waals surface area contributed by atoms with Crippen molar-refractivity contribution in [1.82, 2.24) is 9.78 Å². The number of carbonyl (C=O) groups excluding carboxylic acids is 1. The average Bonchev–Trinajstić information content (AvgIpc) is 3.40. The normalized spacial score (nSPS) is 13.3. The molecule has 0 saturated carbocycles. The third kappa shape index (κ3) is 3.14. The molecule has 5 rings (SSSR count). The van der Waals surface area contributed by atoms with Gasteiger partial charge < -0.3 is 9.32 Å². The number of hydrogen-bond acceptors (Lipinski definition) is 3. The maximum absolute atomic E-state index is 13.6. The molecule has 0 spiro atoms. The number of carbonyl (C=O) groups is 1. The van der Waals surface area contributed by atoms with E-state index in [4.69, 9.17) is 9.52 Å². The number of rotatable bonds is 3. The quantitative estimate of drug-likeness (QED) is 0.498. The Hall–Kier alpha value is -3.60. The first-order valence-electron chi connectivity index (χ1n) is 9.82. The van der Waals surface area contributed by atoms with Crippen LogP contribution in [0.4, 0.5) is 5.69 Å². The van der Waals surface area contributed by atoms with Crippen molar-refractivity contribution in [2.75, 3.05) is 11.4 Å². The maximum Gasteiger partial charge on any atom is 0.262 e. The number of amides is 1. The Labute approximate surface area is 169 Å². The van der Waals surface area contributed by atoms with E-state index < -0.39 is 0 Å². The number of nitrogens with zero attached hydrogens (tertiary/aromatic N) is 3. The van der Waals surface area contributed by atoms with Gasteiger partial charge in [0.15, 0.2) is 5.76 Å². The van der Waals surface area contributed by atoms with Gasteiger partial charge in [0.1, 0.15) is 11.5 Å². The van der Waals surface area contributed by atoms with Gasteiger partial charge in [-0.25, -0.2) is 4.68 Å². The summed E-state index contributed by atoms with van der Waals surface area (Å²) in [5.74, 6) is 1.34. The second kappa shape index (κ2) is 7.09. The van der Waals surface area contributed by atoms with Gasteiger partial charge in [-0.3, -0.25) is 4.79 Å². The van der Waals surface area contributed by atoms with E-state index in [1.54, 1.807) is 4.68 Å². The fourth-order valence-corrected chi connectivity index (χ4v) is 3.88. The Morgan fingerprint density at radius 1 is 1.00 bits per heavy atom. The number of aryl methyl sites for hydroxylation is 2. The van der Waals surface area contributed by atoms with E-state index in [0.29, 0.717) is 23.6 Å². The average molecular weight is 383 g/mol. The highest BCUT2D eigenvalue weighted by molar-refractivity contribution is 6.10. The lowest BCUT2D eigenvalue weighted by molar-refractivity contribution is 0.0985. The Bertz CT molecular complexity index is 1170.